The van der Waals surface area contributed by atoms with Gasteiger partial charge in [0.2, 0.25) is 0 Å². The first-order valence-electron chi connectivity index (χ1n) is 9.42. The molecule has 3 rings (SSSR count). The standard InChI is InChI=1S/C26H27N/c1-20(2)12-13-22-14-16-26(17-15-22)27-19-23-8-7-11-25(18-23)21(3)24-9-5-4-6-10-24/h4-11,14-18,27H,1,3,12-13,19H2,2H3. The Balaban J connectivity index is 1.61. The van der Waals surface area contributed by atoms with Crippen molar-refractivity contribution in [1.82, 2.24) is 0 Å². The van der Waals surface area contributed by atoms with Gasteiger partial charge in [0.1, 0.15) is 0 Å². The highest BCUT2D eigenvalue weighted by Gasteiger charge is 2.03. The maximum atomic E-state index is 4.27. The van der Waals surface area contributed by atoms with Crippen LogP contribution < -0.4 is 5.32 Å². The molecule has 0 amide bonds. The van der Waals surface area contributed by atoms with Crippen LogP contribution in [0.25, 0.3) is 5.57 Å². The number of rotatable bonds is 8. The Bertz CT molecular complexity index is 904. The Kier molecular flexibility index (Phi) is 6.27. The van der Waals surface area contributed by atoms with Crippen LogP contribution in [0.4, 0.5) is 5.69 Å². The second-order valence-electron chi connectivity index (χ2n) is 7.05. The first kappa shape index (κ1) is 18.7. The maximum Gasteiger partial charge on any atom is 0.0401 e. The molecule has 0 bridgehead atoms. The molecule has 136 valence electrons. The Labute approximate surface area is 163 Å². The molecular formula is C26H27N. The second kappa shape index (κ2) is 9.05. The second-order valence-corrected chi connectivity index (χ2v) is 7.05. The van der Waals surface area contributed by atoms with Crippen LogP contribution in [-0.4, -0.2) is 0 Å². The quantitative estimate of drug-likeness (QED) is 0.436. The predicted octanol–water partition coefficient (Wildman–Crippen LogP) is 6.87. The van der Waals surface area contributed by atoms with Gasteiger partial charge in [-0.25, -0.2) is 0 Å². The minimum absolute atomic E-state index is 0.793. The molecule has 0 spiro atoms. The van der Waals surface area contributed by atoms with E-state index >= 15 is 0 Å². The average Bonchev–Trinajstić information content (AvgIpc) is 2.72. The zero-order chi connectivity index (χ0) is 19.1. The predicted molar refractivity (Wildman–Crippen MR) is 118 cm³/mol. The van der Waals surface area contributed by atoms with Crippen molar-refractivity contribution in [2.75, 3.05) is 5.32 Å². The number of hydrogen-bond donors (Lipinski definition) is 1. The van der Waals surface area contributed by atoms with Crippen molar-refractivity contribution in [3.63, 3.8) is 0 Å². The molecule has 27 heavy (non-hydrogen) atoms. The van der Waals surface area contributed by atoms with Crippen LogP contribution in [-0.2, 0) is 13.0 Å². The first-order valence-corrected chi connectivity index (χ1v) is 9.42. The smallest absolute Gasteiger partial charge is 0.0401 e. The van der Waals surface area contributed by atoms with E-state index in [4.69, 9.17) is 0 Å². The van der Waals surface area contributed by atoms with Gasteiger partial charge in [-0.05, 0) is 65.8 Å². The molecule has 0 atom stereocenters. The minimum atomic E-state index is 0.793. The van der Waals surface area contributed by atoms with Crippen LogP contribution >= 0.6 is 0 Å². The molecule has 3 aromatic rings. The third kappa shape index (κ3) is 5.46. The van der Waals surface area contributed by atoms with Crippen molar-refractivity contribution in [2.45, 2.75) is 26.3 Å². The van der Waals surface area contributed by atoms with Crippen LogP contribution in [0.1, 0.15) is 35.6 Å². The highest BCUT2D eigenvalue weighted by atomic mass is 14.9. The highest BCUT2D eigenvalue weighted by Crippen LogP contribution is 2.22. The molecule has 0 heterocycles. The van der Waals surface area contributed by atoms with Crippen molar-refractivity contribution >= 4 is 11.3 Å². The Morgan fingerprint density at radius 3 is 2.19 bits per heavy atom. The Hall–Kier alpha value is -3.06. The van der Waals surface area contributed by atoms with Gasteiger partial charge in [-0.3, -0.25) is 0 Å². The summed E-state index contributed by atoms with van der Waals surface area (Å²) in [6.45, 7) is 11.1. The third-order valence-electron chi connectivity index (χ3n) is 4.69. The molecule has 1 nitrogen and oxygen atoms in total. The topological polar surface area (TPSA) is 12.0 Å². The van der Waals surface area contributed by atoms with Crippen molar-refractivity contribution in [1.29, 1.82) is 0 Å². The van der Waals surface area contributed by atoms with Crippen molar-refractivity contribution in [3.05, 3.63) is 120 Å². The lowest BCUT2D eigenvalue weighted by atomic mass is 9.98. The zero-order valence-corrected chi connectivity index (χ0v) is 16.0. The van der Waals surface area contributed by atoms with Crippen molar-refractivity contribution < 1.29 is 0 Å². The molecule has 0 saturated carbocycles. The van der Waals surface area contributed by atoms with E-state index < -0.39 is 0 Å². The maximum absolute atomic E-state index is 4.27. The largest absolute Gasteiger partial charge is 0.381 e. The van der Waals surface area contributed by atoms with E-state index in [9.17, 15) is 0 Å². The summed E-state index contributed by atoms with van der Waals surface area (Å²) in [5.41, 5.74) is 8.35. The van der Waals surface area contributed by atoms with Gasteiger partial charge in [-0.1, -0.05) is 72.8 Å². The van der Waals surface area contributed by atoms with Gasteiger partial charge in [0, 0.05) is 12.2 Å². The van der Waals surface area contributed by atoms with E-state index in [-0.39, 0.29) is 0 Å². The normalized spacial score (nSPS) is 10.4. The van der Waals surface area contributed by atoms with Crippen molar-refractivity contribution in [2.24, 2.45) is 0 Å². The van der Waals surface area contributed by atoms with Gasteiger partial charge in [0.05, 0.1) is 0 Å². The van der Waals surface area contributed by atoms with Gasteiger partial charge in [0.25, 0.3) is 0 Å². The molecular weight excluding hydrogens is 326 g/mol. The monoisotopic (exact) mass is 353 g/mol. The molecule has 0 unspecified atom stereocenters. The number of benzene rings is 3. The molecule has 0 radical (unpaired) electrons. The molecule has 3 aromatic carbocycles. The highest BCUT2D eigenvalue weighted by molar-refractivity contribution is 5.78. The number of allylic oxidation sites excluding steroid dienone is 1. The molecule has 0 aliphatic rings. The third-order valence-corrected chi connectivity index (χ3v) is 4.69. The fourth-order valence-electron chi connectivity index (χ4n) is 3.03. The van der Waals surface area contributed by atoms with Gasteiger partial charge < -0.3 is 5.32 Å². The number of hydrogen-bond acceptors (Lipinski definition) is 1. The summed E-state index contributed by atoms with van der Waals surface area (Å²) in [5, 5.41) is 3.51. The summed E-state index contributed by atoms with van der Waals surface area (Å²) < 4.78 is 0. The first-order chi connectivity index (χ1) is 13.1. The average molecular weight is 354 g/mol. The molecule has 0 aliphatic heterocycles. The lowest BCUT2D eigenvalue weighted by molar-refractivity contribution is 0.946. The van der Waals surface area contributed by atoms with Gasteiger partial charge in [-0.2, -0.15) is 0 Å². The summed E-state index contributed by atoms with van der Waals surface area (Å²) in [5.74, 6) is 0. The fourth-order valence-corrected chi connectivity index (χ4v) is 3.03. The number of nitrogens with one attached hydrogen (secondary N) is 1. The Morgan fingerprint density at radius 2 is 1.48 bits per heavy atom. The van der Waals surface area contributed by atoms with E-state index in [2.05, 4.69) is 86.1 Å². The molecule has 0 aromatic heterocycles. The van der Waals surface area contributed by atoms with Crippen LogP contribution in [0.5, 0.6) is 0 Å². The summed E-state index contributed by atoms with van der Waals surface area (Å²) >= 11 is 0. The lowest BCUT2D eigenvalue weighted by Crippen LogP contribution is -2.00. The van der Waals surface area contributed by atoms with Gasteiger partial charge in [0.15, 0.2) is 0 Å². The van der Waals surface area contributed by atoms with E-state index in [1.54, 1.807) is 0 Å². The molecule has 1 N–H and O–H groups in total. The summed E-state index contributed by atoms with van der Waals surface area (Å²) in [7, 11) is 0. The SMILES string of the molecule is C=C(C)CCc1ccc(NCc2cccc(C(=C)c3ccccc3)c2)cc1. The Morgan fingerprint density at radius 1 is 0.778 bits per heavy atom. The van der Waals surface area contributed by atoms with Crippen LogP contribution in [0.2, 0.25) is 0 Å². The molecule has 0 fully saturated rings. The van der Waals surface area contributed by atoms with Crippen LogP contribution in [0.15, 0.2) is 97.6 Å². The van der Waals surface area contributed by atoms with Crippen molar-refractivity contribution in [3.8, 4) is 0 Å². The van der Waals surface area contributed by atoms with E-state index in [1.807, 2.05) is 18.2 Å². The van der Waals surface area contributed by atoms with E-state index in [0.29, 0.717) is 0 Å². The van der Waals surface area contributed by atoms with Gasteiger partial charge in [-0.15, -0.1) is 6.58 Å². The molecule has 0 aliphatic carbocycles. The summed E-state index contributed by atoms with van der Waals surface area (Å²) in [6, 6.07) is 27.6. The molecule has 0 saturated heterocycles. The van der Waals surface area contributed by atoms with E-state index in [0.717, 1.165) is 41.8 Å². The summed E-state index contributed by atoms with van der Waals surface area (Å²) in [6.07, 6.45) is 2.10. The fraction of sp³-hybridized carbons (Fsp3) is 0.154. The molecule has 1 heteroatoms. The summed E-state index contributed by atoms with van der Waals surface area (Å²) in [4.78, 5) is 0. The van der Waals surface area contributed by atoms with Crippen LogP contribution in [0.3, 0.4) is 0 Å². The van der Waals surface area contributed by atoms with Gasteiger partial charge >= 0.3 is 0 Å². The van der Waals surface area contributed by atoms with Crippen LogP contribution in [0, 0.1) is 0 Å². The van der Waals surface area contributed by atoms with E-state index in [1.165, 1.54) is 16.7 Å². The lowest BCUT2D eigenvalue weighted by Gasteiger charge is -2.11. The minimum Gasteiger partial charge on any atom is -0.381 e. The number of anilines is 1. The zero-order valence-electron chi connectivity index (χ0n) is 16.0. The number of aryl methyl sites for hydroxylation is 1.